The molecule has 0 spiro atoms. The number of hydrogen-bond donors (Lipinski definition) is 2. The van der Waals surface area contributed by atoms with E-state index in [2.05, 4.69) is 27.7 Å². The second-order valence-electron chi connectivity index (χ2n) is 7.68. The Morgan fingerprint density at radius 3 is 1.76 bits per heavy atom. The molecule has 0 saturated heterocycles. The molecule has 0 saturated carbocycles. The van der Waals surface area contributed by atoms with Crippen molar-refractivity contribution in [1.82, 2.24) is 0 Å². The molecule has 0 aliphatic heterocycles. The number of rotatable bonds is 15. The summed E-state index contributed by atoms with van der Waals surface area (Å²) in [6, 6.07) is 0. The van der Waals surface area contributed by atoms with E-state index in [1.165, 1.54) is 0 Å². The number of phenols is 1. The molecule has 2 N–H and O–H groups in total. The lowest BCUT2D eigenvalue weighted by Gasteiger charge is -2.23. The Bertz CT molecular complexity index is 624. The number of benzene rings is 1. The maximum atomic E-state index is 11.4. The SMILES string of the molecule is CCCCCOc1c(CCCC)c(CCCC)c(CCCC)c(O)c1OC(=O)O. The van der Waals surface area contributed by atoms with Crippen molar-refractivity contribution in [2.45, 2.75) is 105 Å². The molecule has 1 aromatic carbocycles. The van der Waals surface area contributed by atoms with Gasteiger partial charge >= 0.3 is 6.16 Å². The molecule has 166 valence electrons. The van der Waals surface area contributed by atoms with E-state index in [9.17, 15) is 15.0 Å². The Kier molecular flexibility index (Phi) is 12.2. The highest BCUT2D eigenvalue weighted by molar-refractivity contribution is 5.70. The molecule has 0 amide bonds. The summed E-state index contributed by atoms with van der Waals surface area (Å²) >= 11 is 0. The predicted octanol–water partition coefficient (Wildman–Crippen LogP) is 7.05. The molecule has 1 rings (SSSR count). The van der Waals surface area contributed by atoms with Crippen LogP contribution >= 0.6 is 0 Å². The van der Waals surface area contributed by atoms with E-state index in [1.807, 2.05) is 0 Å². The van der Waals surface area contributed by atoms with Gasteiger partial charge in [0.05, 0.1) is 6.61 Å². The van der Waals surface area contributed by atoms with Crippen LogP contribution in [0.25, 0.3) is 0 Å². The first-order chi connectivity index (χ1) is 14.0. The topological polar surface area (TPSA) is 76.0 Å². The highest BCUT2D eigenvalue weighted by Crippen LogP contribution is 2.47. The van der Waals surface area contributed by atoms with E-state index < -0.39 is 6.16 Å². The third-order valence-corrected chi connectivity index (χ3v) is 5.23. The zero-order valence-corrected chi connectivity index (χ0v) is 18.8. The number of hydrogen-bond acceptors (Lipinski definition) is 4. The number of unbranched alkanes of at least 4 members (excludes halogenated alkanes) is 5. The minimum absolute atomic E-state index is 0.0218. The summed E-state index contributed by atoms with van der Waals surface area (Å²) in [6.45, 7) is 9.02. The number of phenolic OH excluding ortho intramolecular Hbond substituents is 1. The lowest BCUT2D eigenvalue weighted by molar-refractivity contribution is 0.140. The quantitative estimate of drug-likeness (QED) is 0.185. The first-order valence-corrected chi connectivity index (χ1v) is 11.4. The fourth-order valence-corrected chi connectivity index (χ4v) is 3.60. The lowest BCUT2D eigenvalue weighted by Crippen LogP contribution is -2.12. The van der Waals surface area contributed by atoms with Crippen LogP contribution < -0.4 is 9.47 Å². The van der Waals surface area contributed by atoms with Crippen LogP contribution in [0.3, 0.4) is 0 Å². The zero-order chi connectivity index (χ0) is 21.6. The summed E-state index contributed by atoms with van der Waals surface area (Å²) in [5, 5.41) is 20.3. The average molecular weight is 409 g/mol. The van der Waals surface area contributed by atoms with E-state index in [4.69, 9.17) is 9.47 Å². The lowest BCUT2D eigenvalue weighted by atomic mass is 9.89. The number of carbonyl (C=O) groups is 1. The van der Waals surface area contributed by atoms with Crippen molar-refractivity contribution in [3.63, 3.8) is 0 Å². The first kappa shape index (κ1) is 25.1. The zero-order valence-electron chi connectivity index (χ0n) is 18.8. The van der Waals surface area contributed by atoms with Crippen molar-refractivity contribution in [3.05, 3.63) is 16.7 Å². The van der Waals surface area contributed by atoms with Crippen molar-refractivity contribution in [2.75, 3.05) is 6.61 Å². The van der Waals surface area contributed by atoms with E-state index in [1.54, 1.807) is 0 Å². The van der Waals surface area contributed by atoms with Crippen molar-refractivity contribution in [1.29, 1.82) is 0 Å². The summed E-state index contributed by atoms with van der Waals surface area (Å²) in [4.78, 5) is 11.4. The van der Waals surface area contributed by atoms with Crippen molar-refractivity contribution in [2.24, 2.45) is 0 Å². The van der Waals surface area contributed by atoms with Gasteiger partial charge in [-0.25, -0.2) is 4.79 Å². The first-order valence-electron chi connectivity index (χ1n) is 11.4. The van der Waals surface area contributed by atoms with Crippen molar-refractivity contribution < 1.29 is 24.5 Å². The summed E-state index contributed by atoms with van der Waals surface area (Å²) < 4.78 is 11.2. The van der Waals surface area contributed by atoms with Crippen LogP contribution in [0, 0.1) is 0 Å². The Morgan fingerprint density at radius 2 is 1.24 bits per heavy atom. The maximum absolute atomic E-state index is 11.4. The molecule has 0 unspecified atom stereocenters. The highest BCUT2D eigenvalue weighted by atomic mass is 16.7. The summed E-state index contributed by atoms with van der Waals surface area (Å²) in [7, 11) is 0. The standard InChI is InChI=1S/C24H40O5/c1-5-9-13-17-28-22-20(16-12-8-4)18(14-10-6-2)19(15-11-7-3)21(25)23(22)29-24(26)27/h25H,5-17H2,1-4H3,(H,26,27). The number of carboxylic acid groups (broad SMARTS) is 1. The second kappa shape index (κ2) is 14.1. The number of ether oxygens (including phenoxy) is 2. The Balaban J connectivity index is 3.57. The Morgan fingerprint density at radius 1 is 0.724 bits per heavy atom. The monoisotopic (exact) mass is 408 g/mol. The largest absolute Gasteiger partial charge is 0.511 e. The van der Waals surface area contributed by atoms with Gasteiger partial charge in [0.25, 0.3) is 0 Å². The predicted molar refractivity (Wildman–Crippen MR) is 118 cm³/mol. The molecule has 0 bridgehead atoms. The average Bonchev–Trinajstić information content (AvgIpc) is 2.70. The molecule has 0 atom stereocenters. The molecule has 5 heteroatoms. The van der Waals surface area contributed by atoms with Gasteiger partial charge in [0.15, 0.2) is 11.5 Å². The van der Waals surface area contributed by atoms with Gasteiger partial charge in [-0.05, 0) is 50.5 Å². The molecule has 0 aliphatic carbocycles. The van der Waals surface area contributed by atoms with Crippen LogP contribution in [-0.4, -0.2) is 23.0 Å². The summed E-state index contributed by atoms with van der Waals surface area (Å²) in [5.41, 5.74) is 3.00. The second-order valence-corrected chi connectivity index (χ2v) is 7.68. The van der Waals surface area contributed by atoms with Gasteiger partial charge in [0.2, 0.25) is 5.75 Å². The fourth-order valence-electron chi connectivity index (χ4n) is 3.60. The molecule has 0 heterocycles. The molecule has 29 heavy (non-hydrogen) atoms. The van der Waals surface area contributed by atoms with Gasteiger partial charge in [0, 0.05) is 11.1 Å². The molecule has 0 aliphatic rings. The van der Waals surface area contributed by atoms with Crippen LogP contribution in [0.1, 0.15) is 102 Å². The molecule has 1 aromatic rings. The van der Waals surface area contributed by atoms with E-state index in [0.29, 0.717) is 18.8 Å². The van der Waals surface area contributed by atoms with Gasteiger partial charge in [-0.2, -0.15) is 0 Å². The molecular weight excluding hydrogens is 368 g/mol. The molecule has 5 nitrogen and oxygen atoms in total. The van der Waals surface area contributed by atoms with Crippen LogP contribution in [0.2, 0.25) is 0 Å². The van der Waals surface area contributed by atoms with Crippen LogP contribution in [0.4, 0.5) is 4.79 Å². The summed E-state index contributed by atoms with van der Waals surface area (Å²) in [5.74, 6) is 0.352. The van der Waals surface area contributed by atoms with Crippen LogP contribution in [-0.2, 0) is 19.3 Å². The van der Waals surface area contributed by atoms with Crippen LogP contribution in [0.15, 0.2) is 0 Å². The Hall–Kier alpha value is -1.91. The van der Waals surface area contributed by atoms with Gasteiger partial charge in [0.1, 0.15) is 0 Å². The van der Waals surface area contributed by atoms with Gasteiger partial charge in [-0.3, -0.25) is 0 Å². The molecule has 0 fully saturated rings. The van der Waals surface area contributed by atoms with Crippen LogP contribution in [0.5, 0.6) is 17.2 Å². The third kappa shape index (κ3) is 7.79. The van der Waals surface area contributed by atoms with Gasteiger partial charge < -0.3 is 19.7 Å². The molecule has 0 radical (unpaired) electrons. The minimum atomic E-state index is -1.43. The van der Waals surface area contributed by atoms with E-state index in [0.717, 1.165) is 87.3 Å². The Labute approximate surface area is 176 Å². The summed E-state index contributed by atoms with van der Waals surface area (Å²) in [6.07, 6.45) is 9.98. The smallest absolute Gasteiger partial charge is 0.504 e. The minimum Gasteiger partial charge on any atom is -0.504 e. The van der Waals surface area contributed by atoms with E-state index >= 15 is 0 Å². The van der Waals surface area contributed by atoms with Gasteiger partial charge in [-0.15, -0.1) is 0 Å². The third-order valence-electron chi connectivity index (χ3n) is 5.23. The van der Waals surface area contributed by atoms with Gasteiger partial charge in [-0.1, -0.05) is 59.8 Å². The highest BCUT2D eigenvalue weighted by Gasteiger charge is 2.27. The maximum Gasteiger partial charge on any atom is 0.511 e. The van der Waals surface area contributed by atoms with E-state index in [-0.39, 0.29) is 11.5 Å². The van der Waals surface area contributed by atoms with Crippen molar-refractivity contribution >= 4 is 6.16 Å². The van der Waals surface area contributed by atoms with Crippen molar-refractivity contribution in [3.8, 4) is 17.2 Å². The normalized spacial score (nSPS) is 10.9. The molecular formula is C24H40O5. The fraction of sp³-hybridized carbons (Fsp3) is 0.708. The molecule has 0 aromatic heterocycles. The number of aromatic hydroxyl groups is 1.